The number of fused-ring (bicyclic) bond motifs is 1. The third-order valence-corrected chi connectivity index (χ3v) is 3.86. The number of para-hydroxylation sites is 1. The van der Waals surface area contributed by atoms with Gasteiger partial charge in [-0.15, -0.1) is 0 Å². The Hall–Kier alpha value is -1.81. The summed E-state index contributed by atoms with van der Waals surface area (Å²) in [5.41, 5.74) is 8.81. The average Bonchev–Trinajstić information content (AvgIpc) is 2.83. The molecule has 1 aromatic carbocycles. The lowest BCUT2D eigenvalue weighted by atomic mass is 10.1. The number of pyridine rings is 1. The number of likely N-dealkylation sites (tertiary alicyclic amines) is 1. The van der Waals surface area contributed by atoms with E-state index in [9.17, 15) is 0 Å². The largest absolute Gasteiger partial charge is 0.396 e. The van der Waals surface area contributed by atoms with Gasteiger partial charge in [0.25, 0.3) is 0 Å². The highest BCUT2D eigenvalue weighted by atomic mass is 15.1. The van der Waals surface area contributed by atoms with Crippen LogP contribution in [0.2, 0.25) is 0 Å². The number of aromatic nitrogens is 1. The molecular formula is C15H20N4. The van der Waals surface area contributed by atoms with Crippen LogP contribution in [0.3, 0.4) is 0 Å². The first-order chi connectivity index (χ1) is 9.24. The van der Waals surface area contributed by atoms with Gasteiger partial charge >= 0.3 is 0 Å². The van der Waals surface area contributed by atoms with Gasteiger partial charge < -0.3 is 16.0 Å². The number of nitrogens with two attached hydrogens (primary N) is 1. The van der Waals surface area contributed by atoms with Gasteiger partial charge in [0.15, 0.2) is 0 Å². The predicted molar refractivity (Wildman–Crippen MR) is 80.2 cm³/mol. The van der Waals surface area contributed by atoms with E-state index in [-0.39, 0.29) is 0 Å². The highest BCUT2D eigenvalue weighted by Gasteiger charge is 2.19. The van der Waals surface area contributed by atoms with E-state index in [0.29, 0.717) is 5.92 Å². The molecule has 1 aromatic heterocycles. The Bertz CT molecular complexity index is 581. The van der Waals surface area contributed by atoms with Crippen molar-refractivity contribution in [2.75, 3.05) is 37.7 Å². The third kappa shape index (κ3) is 2.49. The smallest absolute Gasteiger partial charge is 0.0743 e. The number of anilines is 2. The van der Waals surface area contributed by atoms with Gasteiger partial charge in [-0.25, -0.2) is 0 Å². The van der Waals surface area contributed by atoms with Gasteiger partial charge in [-0.05, 0) is 32.0 Å². The van der Waals surface area contributed by atoms with Crippen molar-refractivity contribution in [2.45, 2.75) is 6.42 Å². The standard InChI is InChI=1S/C15H20N4/c1-19-7-6-11(10-19)8-18-15-12-4-2-3-5-14(12)17-9-13(15)16/h2-5,9,11H,6-8,10,16H2,1H3,(H,17,18). The second-order valence-electron chi connectivity index (χ2n) is 5.40. The van der Waals surface area contributed by atoms with E-state index >= 15 is 0 Å². The molecule has 0 bridgehead atoms. The summed E-state index contributed by atoms with van der Waals surface area (Å²) < 4.78 is 0. The maximum absolute atomic E-state index is 6.06. The van der Waals surface area contributed by atoms with Crippen LogP contribution in [0.15, 0.2) is 30.5 Å². The molecule has 1 saturated heterocycles. The van der Waals surface area contributed by atoms with Gasteiger partial charge in [-0.3, -0.25) is 4.98 Å². The lowest BCUT2D eigenvalue weighted by Gasteiger charge is -2.15. The molecule has 4 nitrogen and oxygen atoms in total. The van der Waals surface area contributed by atoms with Gasteiger partial charge in [0.2, 0.25) is 0 Å². The Morgan fingerprint density at radius 2 is 2.26 bits per heavy atom. The van der Waals surface area contributed by atoms with Crippen LogP contribution in [-0.2, 0) is 0 Å². The molecule has 3 rings (SSSR count). The predicted octanol–water partition coefficient (Wildman–Crippen LogP) is 2.18. The second-order valence-corrected chi connectivity index (χ2v) is 5.40. The molecule has 2 heterocycles. The Kier molecular flexibility index (Phi) is 3.25. The first-order valence-corrected chi connectivity index (χ1v) is 6.79. The van der Waals surface area contributed by atoms with Crippen molar-refractivity contribution in [3.05, 3.63) is 30.5 Å². The highest BCUT2D eigenvalue weighted by molar-refractivity contribution is 5.96. The summed E-state index contributed by atoms with van der Waals surface area (Å²) in [5, 5.41) is 4.63. The summed E-state index contributed by atoms with van der Waals surface area (Å²) in [5.74, 6) is 0.705. The molecule has 0 amide bonds. The fraction of sp³-hybridized carbons (Fsp3) is 0.400. The van der Waals surface area contributed by atoms with Crippen LogP contribution in [0.5, 0.6) is 0 Å². The zero-order valence-corrected chi connectivity index (χ0v) is 11.3. The number of benzene rings is 1. The number of rotatable bonds is 3. The van der Waals surface area contributed by atoms with Crippen LogP contribution in [0, 0.1) is 5.92 Å². The van der Waals surface area contributed by atoms with Crippen LogP contribution < -0.4 is 11.1 Å². The Balaban J connectivity index is 1.82. The van der Waals surface area contributed by atoms with Crippen molar-refractivity contribution in [1.82, 2.24) is 9.88 Å². The van der Waals surface area contributed by atoms with E-state index in [1.54, 1.807) is 6.20 Å². The molecule has 3 N–H and O–H groups in total. The summed E-state index contributed by atoms with van der Waals surface area (Å²) in [4.78, 5) is 6.74. The normalized spacial score (nSPS) is 19.9. The van der Waals surface area contributed by atoms with E-state index in [0.717, 1.165) is 35.4 Å². The molecule has 1 aliphatic heterocycles. The minimum atomic E-state index is 0.705. The molecule has 1 aliphatic rings. The maximum Gasteiger partial charge on any atom is 0.0743 e. The summed E-state index contributed by atoms with van der Waals surface area (Å²) in [6.45, 7) is 3.33. The van der Waals surface area contributed by atoms with E-state index in [4.69, 9.17) is 5.73 Å². The van der Waals surface area contributed by atoms with Crippen molar-refractivity contribution in [3.63, 3.8) is 0 Å². The number of hydrogen-bond donors (Lipinski definition) is 2. The van der Waals surface area contributed by atoms with Crippen LogP contribution in [0.25, 0.3) is 10.9 Å². The summed E-state index contributed by atoms with van der Waals surface area (Å²) >= 11 is 0. The molecule has 1 unspecified atom stereocenters. The Labute approximate surface area is 113 Å². The molecule has 100 valence electrons. The molecule has 1 fully saturated rings. The number of nitrogens with zero attached hydrogens (tertiary/aromatic N) is 2. The quantitative estimate of drug-likeness (QED) is 0.884. The number of nitrogen functional groups attached to an aromatic ring is 1. The van der Waals surface area contributed by atoms with Crippen molar-refractivity contribution >= 4 is 22.3 Å². The first-order valence-electron chi connectivity index (χ1n) is 6.79. The molecule has 2 aromatic rings. The second kappa shape index (κ2) is 5.05. The fourth-order valence-electron chi connectivity index (χ4n) is 2.79. The molecule has 0 saturated carbocycles. The average molecular weight is 256 g/mol. The SMILES string of the molecule is CN1CCC(CNc2c(N)cnc3ccccc23)C1. The molecule has 19 heavy (non-hydrogen) atoms. The number of nitrogens with one attached hydrogen (secondary N) is 1. The van der Waals surface area contributed by atoms with E-state index in [1.165, 1.54) is 13.0 Å². The van der Waals surface area contributed by atoms with Gasteiger partial charge in [0, 0.05) is 18.5 Å². The fourth-order valence-corrected chi connectivity index (χ4v) is 2.79. The van der Waals surface area contributed by atoms with Gasteiger partial charge in [-0.2, -0.15) is 0 Å². The van der Waals surface area contributed by atoms with Crippen molar-refractivity contribution in [1.29, 1.82) is 0 Å². The van der Waals surface area contributed by atoms with Gasteiger partial charge in [-0.1, -0.05) is 18.2 Å². The van der Waals surface area contributed by atoms with E-state index in [1.807, 2.05) is 18.2 Å². The summed E-state index contributed by atoms with van der Waals surface area (Å²) in [6.07, 6.45) is 3.00. The van der Waals surface area contributed by atoms with Crippen LogP contribution in [-0.4, -0.2) is 36.6 Å². The zero-order chi connectivity index (χ0) is 13.2. The molecule has 0 aliphatic carbocycles. The van der Waals surface area contributed by atoms with E-state index < -0.39 is 0 Å². The first kappa shape index (κ1) is 12.2. The van der Waals surface area contributed by atoms with Crippen LogP contribution in [0.1, 0.15) is 6.42 Å². The Morgan fingerprint density at radius 1 is 1.42 bits per heavy atom. The van der Waals surface area contributed by atoms with E-state index in [2.05, 4.69) is 28.3 Å². The third-order valence-electron chi connectivity index (χ3n) is 3.86. The molecule has 0 radical (unpaired) electrons. The Morgan fingerprint density at radius 3 is 3.05 bits per heavy atom. The minimum absolute atomic E-state index is 0.705. The van der Waals surface area contributed by atoms with Crippen LogP contribution >= 0.6 is 0 Å². The monoisotopic (exact) mass is 256 g/mol. The van der Waals surface area contributed by atoms with Crippen molar-refractivity contribution in [3.8, 4) is 0 Å². The topological polar surface area (TPSA) is 54.2 Å². The number of hydrogen-bond acceptors (Lipinski definition) is 4. The van der Waals surface area contributed by atoms with Crippen molar-refractivity contribution in [2.24, 2.45) is 5.92 Å². The summed E-state index contributed by atoms with van der Waals surface area (Å²) in [7, 11) is 2.18. The van der Waals surface area contributed by atoms with Gasteiger partial charge in [0.1, 0.15) is 0 Å². The van der Waals surface area contributed by atoms with Gasteiger partial charge in [0.05, 0.1) is 23.1 Å². The van der Waals surface area contributed by atoms with Crippen molar-refractivity contribution < 1.29 is 0 Å². The highest BCUT2D eigenvalue weighted by Crippen LogP contribution is 2.28. The lowest BCUT2D eigenvalue weighted by Crippen LogP contribution is -2.19. The molecule has 1 atom stereocenters. The maximum atomic E-state index is 6.06. The molecular weight excluding hydrogens is 236 g/mol. The molecule has 0 spiro atoms. The molecule has 4 heteroatoms. The lowest BCUT2D eigenvalue weighted by molar-refractivity contribution is 0.399. The summed E-state index contributed by atoms with van der Waals surface area (Å²) in [6, 6.07) is 8.12. The zero-order valence-electron chi connectivity index (χ0n) is 11.3. The minimum Gasteiger partial charge on any atom is -0.396 e. The van der Waals surface area contributed by atoms with Crippen LogP contribution in [0.4, 0.5) is 11.4 Å².